The molecule has 1 aliphatic carbocycles. The molecule has 2 amide bonds. The summed E-state index contributed by atoms with van der Waals surface area (Å²) in [5.41, 5.74) is 2.10. The molecule has 0 bridgehead atoms. The highest BCUT2D eigenvalue weighted by molar-refractivity contribution is 5.95. The van der Waals surface area contributed by atoms with Crippen LogP contribution in [0.3, 0.4) is 0 Å². The van der Waals surface area contributed by atoms with Crippen LogP contribution in [0.25, 0.3) is 0 Å². The second-order valence-corrected chi connectivity index (χ2v) is 6.09. The molecule has 25 heavy (non-hydrogen) atoms. The number of benzene rings is 1. The van der Waals surface area contributed by atoms with E-state index in [0.29, 0.717) is 22.4 Å². The van der Waals surface area contributed by atoms with Crippen LogP contribution in [0.1, 0.15) is 41.7 Å². The number of carbonyl (C=O) groups is 3. The molecule has 1 unspecified atom stereocenters. The predicted octanol–water partition coefficient (Wildman–Crippen LogP) is 2.15. The Bertz CT molecular complexity index is 749. The van der Waals surface area contributed by atoms with E-state index in [1.807, 2.05) is 0 Å². The molecule has 0 aromatic heterocycles. The summed E-state index contributed by atoms with van der Waals surface area (Å²) in [4.78, 5) is 38.0. The van der Waals surface area contributed by atoms with Crippen LogP contribution in [0.5, 0.6) is 0 Å². The minimum Gasteiger partial charge on any atom is -0.466 e. The number of hydrogen-bond donors (Lipinski definition) is 1. The molecule has 2 aliphatic rings. The van der Waals surface area contributed by atoms with E-state index < -0.39 is 18.0 Å². The van der Waals surface area contributed by atoms with Gasteiger partial charge in [-0.2, -0.15) is 0 Å². The van der Waals surface area contributed by atoms with Crippen molar-refractivity contribution < 1.29 is 23.9 Å². The van der Waals surface area contributed by atoms with Crippen LogP contribution in [-0.4, -0.2) is 43.1 Å². The lowest BCUT2D eigenvalue weighted by Gasteiger charge is -2.35. The van der Waals surface area contributed by atoms with E-state index >= 15 is 0 Å². The summed E-state index contributed by atoms with van der Waals surface area (Å²) in [7, 11) is 2.63. The number of amides is 2. The Morgan fingerprint density at radius 2 is 1.68 bits per heavy atom. The molecule has 7 nitrogen and oxygen atoms in total. The fourth-order valence-corrected chi connectivity index (χ4v) is 3.08. The molecule has 1 aromatic rings. The van der Waals surface area contributed by atoms with Crippen LogP contribution in [0.4, 0.5) is 4.79 Å². The molecular weight excluding hydrogens is 324 g/mol. The number of hydrogen-bond acceptors (Lipinski definition) is 5. The molecule has 1 heterocycles. The standard InChI is InChI=1S/C18H20N2O5/c1-10-14(17(22)25-3)15(19-18(23)20(10)13-8-9-13)11-4-6-12(7-5-11)16(21)24-2/h4-7,13,15H,8-9H2,1-3H3,(H,19,23). The van der Waals surface area contributed by atoms with Crippen molar-refractivity contribution in [3.05, 3.63) is 46.7 Å². The second kappa shape index (κ2) is 6.58. The Balaban J connectivity index is 2.00. The molecule has 132 valence electrons. The van der Waals surface area contributed by atoms with Gasteiger partial charge in [-0.15, -0.1) is 0 Å². The molecule has 3 rings (SSSR count). The van der Waals surface area contributed by atoms with E-state index in [2.05, 4.69) is 10.1 Å². The summed E-state index contributed by atoms with van der Waals surface area (Å²) in [6, 6.07) is 5.88. The summed E-state index contributed by atoms with van der Waals surface area (Å²) < 4.78 is 9.61. The average molecular weight is 344 g/mol. The molecule has 1 N–H and O–H groups in total. The summed E-state index contributed by atoms with van der Waals surface area (Å²) >= 11 is 0. The van der Waals surface area contributed by atoms with E-state index in [0.717, 1.165) is 12.8 Å². The number of nitrogens with one attached hydrogen (secondary N) is 1. The smallest absolute Gasteiger partial charge is 0.337 e. The van der Waals surface area contributed by atoms with Crippen molar-refractivity contribution in [1.29, 1.82) is 0 Å². The maximum atomic E-state index is 12.5. The second-order valence-electron chi connectivity index (χ2n) is 6.09. The van der Waals surface area contributed by atoms with Gasteiger partial charge in [0, 0.05) is 11.7 Å². The van der Waals surface area contributed by atoms with Crippen LogP contribution in [0.2, 0.25) is 0 Å². The van der Waals surface area contributed by atoms with Gasteiger partial charge in [-0.05, 0) is 37.5 Å². The molecule has 1 aliphatic heterocycles. The van der Waals surface area contributed by atoms with Crippen molar-refractivity contribution in [2.24, 2.45) is 0 Å². The number of esters is 2. The van der Waals surface area contributed by atoms with E-state index in [1.165, 1.54) is 14.2 Å². The number of allylic oxidation sites excluding steroid dienone is 1. The fourth-order valence-electron chi connectivity index (χ4n) is 3.08. The third-order valence-electron chi connectivity index (χ3n) is 4.51. The maximum absolute atomic E-state index is 12.5. The molecule has 0 saturated heterocycles. The van der Waals surface area contributed by atoms with Crippen LogP contribution in [0.15, 0.2) is 35.5 Å². The quantitative estimate of drug-likeness (QED) is 0.846. The molecule has 1 fully saturated rings. The normalized spacial score (nSPS) is 20.2. The Morgan fingerprint density at radius 3 is 2.20 bits per heavy atom. The zero-order valence-corrected chi connectivity index (χ0v) is 14.4. The SMILES string of the molecule is COC(=O)C1=C(C)N(C2CC2)C(=O)NC1c1ccc(C(=O)OC)cc1. The van der Waals surface area contributed by atoms with Crippen LogP contribution in [-0.2, 0) is 14.3 Å². The molecule has 0 spiro atoms. The number of ether oxygens (including phenoxy) is 2. The van der Waals surface area contributed by atoms with Crippen molar-refractivity contribution in [2.75, 3.05) is 14.2 Å². The number of rotatable bonds is 4. The van der Waals surface area contributed by atoms with Gasteiger partial charge in [-0.1, -0.05) is 12.1 Å². The summed E-state index contributed by atoms with van der Waals surface area (Å²) in [6.07, 6.45) is 1.86. The van der Waals surface area contributed by atoms with Gasteiger partial charge in [0.05, 0.1) is 31.4 Å². The van der Waals surface area contributed by atoms with Gasteiger partial charge in [0.1, 0.15) is 0 Å². The Hall–Kier alpha value is -2.83. The van der Waals surface area contributed by atoms with Gasteiger partial charge in [0.25, 0.3) is 0 Å². The zero-order valence-electron chi connectivity index (χ0n) is 14.4. The minimum absolute atomic E-state index is 0.141. The van der Waals surface area contributed by atoms with E-state index in [1.54, 1.807) is 36.1 Å². The summed E-state index contributed by atoms with van der Waals surface area (Å²) in [5, 5.41) is 2.87. The lowest BCUT2D eigenvalue weighted by Crippen LogP contribution is -2.48. The van der Waals surface area contributed by atoms with E-state index in [4.69, 9.17) is 4.74 Å². The largest absolute Gasteiger partial charge is 0.466 e. The molecule has 0 radical (unpaired) electrons. The Kier molecular flexibility index (Phi) is 4.48. The third kappa shape index (κ3) is 3.09. The highest BCUT2D eigenvalue weighted by Crippen LogP contribution is 2.37. The van der Waals surface area contributed by atoms with E-state index in [-0.39, 0.29) is 12.1 Å². The zero-order chi connectivity index (χ0) is 18.1. The lowest BCUT2D eigenvalue weighted by atomic mass is 9.94. The highest BCUT2D eigenvalue weighted by atomic mass is 16.5. The Morgan fingerprint density at radius 1 is 1.08 bits per heavy atom. The monoisotopic (exact) mass is 344 g/mol. The molecule has 1 aromatic carbocycles. The number of methoxy groups -OCH3 is 2. The van der Waals surface area contributed by atoms with Crippen molar-refractivity contribution in [3.63, 3.8) is 0 Å². The van der Waals surface area contributed by atoms with Gasteiger partial charge in [-0.3, -0.25) is 4.90 Å². The molecule has 7 heteroatoms. The summed E-state index contributed by atoms with van der Waals surface area (Å²) in [5.74, 6) is -0.927. The number of urea groups is 1. The van der Waals surface area contributed by atoms with Crippen LogP contribution < -0.4 is 5.32 Å². The maximum Gasteiger partial charge on any atom is 0.337 e. The first-order chi connectivity index (χ1) is 12.0. The molecule has 1 atom stereocenters. The number of nitrogens with zero attached hydrogens (tertiary/aromatic N) is 1. The Labute approximate surface area is 145 Å². The third-order valence-corrected chi connectivity index (χ3v) is 4.51. The first kappa shape index (κ1) is 17.0. The average Bonchev–Trinajstić information content (AvgIpc) is 3.45. The molecular formula is C18H20N2O5. The van der Waals surface area contributed by atoms with Gasteiger partial charge in [0.2, 0.25) is 0 Å². The first-order valence-electron chi connectivity index (χ1n) is 8.05. The van der Waals surface area contributed by atoms with Gasteiger partial charge >= 0.3 is 18.0 Å². The highest BCUT2D eigenvalue weighted by Gasteiger charge is 2.42. The molecule has 1 saturated carbocycles. The van der Waals surface area contributed by atoms with E-state index in [9.17, 15) is 14.4 Å². The predicted molar refractivity (Wildman–Crippen MR) is 88.6 cm³/mol. The van der Waals surface area contributed by atoms with Gasteiger partial charge in [-0.25, -0.2) is 14.4 Å². The van der Waals surface area contributed by atoms with Crippen molar-refractivity contribution >= 4 is 18.0 Å². The van der Waals surface area contributed by atoms with Crippen molar-refractivity contribution in [2.45, 2.75) is 31.8 Å². The van der Waals surface area contributed by atoms with Crippen molar-refractivity contribution in [1.82, 2.24) is 10.2 Å². The van der Waals surface area contributed by atoms with Crippen molar-refractivity contribution in [3.8, 4) is 0 Å². The van der Waals surface area contributed by atoms with Gasteiger partial charge in [0.15, 0.2) is 0 Å². The first-order valence-corrected chi connectivity index (χ1v) is 8.05. The van der Waals surface area contributed by atoms with Crippen LogP contribution >= 0.6 is 0 Å². The van der Waals surface area contributed by atoms with Gasteiger partial charge < -0.3 is 14.8 Å². The minimum atomic E-state index is -0.623. The van der Waals surface area contributed by atoms with Crippen LogP contribution in [0, 0.1) is 0 Å². The number of carbonyl (C=O) groups excluding carboxylic acids is 3. The fraction of sp³-hybridized carbons (Fsp3) is 0.389. The lowest BCUT2D eigenvalue weighted by molar-refractivity contribution is -0.136. The summed E-state index contributed by atoms with van der Waals surface area (Å²) in [6.45, 7) is 1.76. The topological polar surface area (TPSA) is 84.9 Å².